The molecule has 1 aromatic carbocycles. The minimum Gasteiger partial charge on any atom is -0.388 e. The van der Waals surface area contributed by atoms with Gasteiger partial charge in [0.1, 0.15) is 0 Å². The first-order valence-electron chi connectivity index (χ1n) is 6.77. The molecule has 0 aliphatic carbocycles. The second-order valence-corrected chi connectivity index (χ2v) is 5.16. The van der Waals surface area contributed by atoms with E-state index >= 15 is 0 Å². The Bertz CT molecular complexity index is 334. The quantitative estimate of drug-likeness (QED) is 0.870. The molecule has 2 bridgehead atoms. The lowest BCUT2D eigenvalue weighted by Crippen LogP contribution is -2.53. The molecule has 18 heavy (non-hydrogen) atoms. The standard InChI is InChI=1S/C13H18N2.C2H6O/c1-2-4-12(5-3-1)14-13-10-15-8-6-11(13)7-9-15;1-3-2/h1-5,11,13-14H,6-10H2;1-2H3/t13-;/m0./s1. The van der Waals surface area contributed by atoms with Gasteiger partial charge >= 0.3 is 0 Å². The Balaban J connectivity index is 0.000000367. The summed E-state index contributed by atoms with van der Waals surface area (Å²) in [6.45, 7) is 3.87. The highest BCUT2D eigenvalue weighted by molar-refractivity contribution is 5.43. The summed E-state index contributed by atoms with van der Waals surface area (Å²) in [6, 6.07) is 11.3. The molecule has 3 heterocycles. The smallest absolute Gasteiger partial charge is 0.0417 e. The van der Waals surface area contributed by atoms with E-state index in [1.807, 2.05) is 0 Å². The van der Waals surface area contributed by atoms with Crippen LogP contribution in [0, 0.1) is 5.92 Å². The summed E-state index contributed by atoms with van der Waals surface area (Å²) in [5.74, 6) is 0.898. The Kier molecular flexibility index (Phi) is 5.02. The highest BCUT2D eigenvalue weighted by Crippen LogP contribution is 2.29. The second kappa shape index (κ2) is 6.76. The minimum atomic E-state index is 0.676. The van der Waals surface area contributed by atoms with Crippen molar-refractivity contribution in [2.75, 3.05) is 39.2 Å². The summed E-state index contributed by atoms with van der Waals surface area (Å²) in [6.07, 6.45) is 2.76. The summed E-state index contributed by atoms with van der Waals surface area (Å²) in [5, 5.41) is 3.67. The van der Waals surface area contributed by atoms with Gasteiger partial charge in [-0.05, 0) is 44.0 Å². The Morgan fingerprint density at radius 3 is 2.22 bits per heavy atom. The number of hydrogen-bond acceptors (Lipinski definition) is 3. The predicted octanol–water partition coefficient (Wildman–Crippen LogP) is 2.46. The monoisotopic (exact) mass is 248 g/mol. The number of nitrogens with zero attached hydrogens (tertiary/aromatic N) is 1. The molecule has 1 atom stereocenters. The molecular formula is C15H24N2O. The van der Waals surface area contributed by atoms with E-state index in [0.29, 0.717) is 6.04 Å². The van der Waals surface area contributed by atoms with E-state index in [4.69, 9.17) is 0 Å². The molecule has 0 unspecified atom stereocenters. The number of anilines is 1. The molecule has 0 saturated carbocycles. The molecule has 3 aliphatic rings. The zero-order valence-electron chi connectivity index (χ0n) is 11.4. The van der Waals surface area contributed by atoms with Crippen molar-refractivity contribution in [1.29, 1.82) is 0 Å². The molecule has 3 aliphatic heterocycles. The van der Waals surface area contributed by atoms with E-state index in [2.05, 4.69) is 45.3 Å². The second-order valence-electron chi connectivity index (χ2n) is 5.16. The molecule has 100 valence electrons. The van der Waals surface area contributed by atoms with Crippen LogP contribution < -0.4 is 5.32 Å². The third-order valence-corrected chi connectivity index (χ3v) is 3.78. The van der Waals surface area contributed by atoms with Crippen LogP contribution >= 0.6 is 0 Å². The summed E-state index contributed by atoms with van der Waals surface area (Å²) in [7, 11) is 3.25. The van der Waals surface area contributed by atoms with Gasteiger partial charge in [0.15, 0.2) is 0 Å². The van der Waals surface area contributed by atoms with Crippen molar-refractivity contribution in [1.82, 2.24) is 4.90 Å². The van der Waals surface area contributed by atoms with Crippen molar-refractivity contribution in [2.24, 2.45) is 5.92 Å². The Labute approximate surface area is 110 Å². The first-order chi connectivity index (χ1) is 8.83. The topological polar surface area (TPSA) is 24.5 Å². The number of fused-ring (bicyclic) bond motifs is 3. The van der Waals surface area contributed by atoms with Gasteiger partial charge in [0.2, 0.25) is 0 Å². The Morgan fingerprint density at radius 2 is 1.72 bits per heavy atom. The third kappa shape index (κ3) is 3.47. The fraction of sp³-hybridized carbons (Fsp3) is 0.600. The molecule has 0 amide bonds. The minimum absolute atomic E-state index is 0.676. The fourth-order valence-corrected chi connectivity index (χ4v) is 2.88. The molecule has 3 heteroatoms. The van der Waals surface area contributed by atoms with Crippen molar-refractivity contribution < 1.29 is 4.74 Å². The van der Waals surface area contributed by atoms with Crippen LogP contribution in [-0.4, -0.2) is 44.8 Å². The number of rotatable bonds is 2. The third-order valence-electron chi connectivity index (χ3n) is 3.78. The molecule has 3 saturated heterocycles. The summed E-state index contributed by atoms with van der Waals surface area (Å²) in [5.41, 5.74) is 1.27. The van der Waals surface area contributed by atoms with Crippen LogP contribution in [0.3, 0.4) is 0 Å². The zero-order valence-corrected chi connectivity index (χ0v) is 11.4. The lowest BCUT2D eigenvalue weighted by molar-refractivity contribution is 0.0975. The van der Waals surface area contributed by atoms with Crippen LogP contribution in [0.25, 0.3) is 0 Å². The molecule has 4 rings (SSSR count). The average Bonchev–Trinajstić information content (AvgIpc) is 2.42. The van der Waals surface area contributed by atoms with Crippen LogP contribution in [-0.2, 0) is 4.74 Å². The number of nitrogens with one attached hydrogen (secondary N) is 1. The van der Waals surface area contributed by atoms with Gasteiger partial charge in [0, 0.05) is 32.5 Å². The van der Waals surface area contributed by atoms with Crippen molar-refractivity contribution in [3.05, 3.63) is 30.3 Å². The lowest BCUT2D eigenvalue weighted by Gasteiger charge is -2.45. The van der Waals surface area contributed by atoms with E-state index in [9.17, 15) is 0 Å². The predicted molar refractivity (Wildman–Crippen MR) is 75.9 cm³/mol. The SMILES string of the molecule is COC.c1ccc(N[C@H]2CN3CCC2CC3)cc1. The van der Waals surface area contributed by atoms with Crippen molar-refractivity contribution in [3.8, 4) is 0 Å². The van der Waals surface area contributed by atoms with Gasteiger partial charge in [-0.25, -0.2) is 0 Å². The zero-order chi connectivity index (χ0) is 12.8. The van der Waals surface area contributed by atoms with Crippen LogP contribution in [0.2, 0.25) is 0 Å². The van der Waals surface area contributed by atoms with Crippen molar-refractivity contribution in [3.63, 3.8) is 0 Å². The Morgan fingerprint density at radius 1 is 1.11 bits per heavy atom. The molecule has 0 spiro atoms. The van der Waals surface area contributed by atoms with Gasteiger partial charge < -0.3 is 15.0 Å². The van der Waals surface area contributed by atoms with Gasteiger partial charge in [-0.3, -0.25) is 0 Å². The average molecular weight is 248 g/mol. The maximum absolute atomic E-state index is 4.25. The Hall–Kier alpha value is -1.06. The summed E-state index contributed by atoms with van der Waals surface area (Å²) >= 11 is 0. The van der Waals surface area contributed by atoms with E-state index in [0.717, 1.165) is 5.92 Å². The number of piperidine rings is 3. The van der Waals surface area contributed by atoms with Crippen LogP contribution in [0.4, 0.5) is 5.69 Å². The summed E-state index contributed by atoms with van der Waals surface area (Å²) in [4.78, 5) is 2.58. The van der Waals surface area contributed by atoms with Crippen molar-refractivity contribution >= 4 is 5.69 Å². The molecule has 0 aromatic heterocycles. The number of para-hydroxylation sites is 1. The molecule has 3 fully saturated rings. The molecule has 3 nitrogen and oxygen atoms in total. The highest BCUT2D eigenvalue weighted by Gasteiger charge is 2.33. The first kappa shape index (κ1) is 13.4. The van der Waals surface area contributed by atoms with Gasteiger partial charge in [-0.1, -0.05) is 18.2 Å². The van der Waals surface area contributed by atoms with Crippen LogP contribution in [0.1, 0.15) is 12.8 Å². The maximum atomic E-state index is 4.25. The van der Waals surface area contributed by atoms with E-state index in [-0.39, 0.29) is 0 Å². The highest BCUT2D eigenvalue weighted by atomic mass is 16.4. The summed E-state index contributed by atoms with van der Waals surface area (Å²) < 4.78 is 4.25. The molecular weight excluding hydrogens is 224 g/mol. The van der Waals surface area contributed by atoms with Gasteiger partial charge in [0.25, 0.3) is 0 Å². The van der Waals surface area contributed by atoms with Gasteiger partial charge in [0.05, 0.1) is 0 Å². The van der Waals surface area contributed by atoms with Gasteiger partial charge in [-0.2, -0.15) is 0 Å². The van der Waals surface area contributed by atoms with Crippen LogP contribution in [0.15, 0.2) is 30.3 Å². The maximum Gasteiger partial charge on any atom is 0.0417 e. The number of hydrogen-bond donors (Lipinski definition) is 1. The molecule has 0 radical (unpaired) electrons. The van der Waals surface area contributed by atoms with E-state index < -0.39 is 0 Å². The fourth-order valence-electron chi connectivity index (χ4n) is 2.88. The largest absolute Gasteiger partial charge is 0.388 e. The number of ether oxygens (including phenoxy) is 1. The van der Waals surface area contributed by atoms with E-state index in [1.165, 1.54) is 38.2 Å². The number of methoxy groups -OCH3 is 1. The molecule has 1 aromatic rings. The normalized spacial score (nSPS) is 29.3. The lowest BCUT2D eigenvalue weighted by atomic mass is 9.84. The van der Waals surface area contributed by atoms with Crippen LogP contribution in [0.5, 0.6) is 0 Å². The van der Waals surface area contributed by atoms with Gasteiger partial charge in [-0.15, -0.1) is 0 Å². The number of benzene rings is 1. The molecule has 1 N–H and O–H groups in total. The van der Waals surface area contributed by atoms with Crippen molar-refractivity contribution in [2.45, 2.75) is 18.9 Å². The first-order valence-corrected chi connectivity index (χ1v) is 6.77. The van der Waals surface area contributed by atoms with E-state index in [1.54, 1.807) is 14.2 Å².